The Morgan fingerprint density at radius 2 is 1.94 bits per heavy atom. The monoisotopic (exact) mass is 310 g/mol. The van der Waals surface area contributed by atoms with Crippen LogP contribution in [0.1, 0.15) is 42.5 Å². The van der Waals surface area contributed by atoms with E-state index >= 15 is 0 Å². The average Bonchev–Trinajstić information content (AvgIpc) is 2.40. The van der Waals surface area contributed by atoms with Crippen LogP contribution in [0.2, 0.25) is 0 Å². The number of hydrogen-bond donors (Lipinski definition) is 0. The van der Waals surface area contributed by atoms with Gasteiger partial charge < -0.3 is 4.74 Å². The van der Waals surface area contributed by atoms with Crippen LogP contribution in [0.4, 0.5) is 0 Å². The van der Waals surface area contributed by atoms with Gasteiger partial charge in [-0.25, -0.2) is 0 Å². The van der Waals surface area contributed by atoms with E-state index in [1.165, 1.54) is 32.1 Å². The standard InChI is InChI=1S/C15H19BrO2/c16-14-9-5-4-8-13(14)15(17)11-18-10-12-6-2-1-3-7-12/h4-5,8-9,12H,1-3,6-7,10-11H2. The molecule has 2 nitrogen and oxygen atoms in total. The molecule has 1 aromatic rings. The van der Waals surface area contributed by atoms with Gasteiger partial charge in [-0.15, -0.1) is 0 Å². The number of halogens is 1. The molecule has 0 bridgehead atoms. The van der Waals surface area contributed by atoms with Crippen molar-refractivity contribution in [1.29, 1.82) is 0 Å². The van der Waals surface area contributed by atoms with Crippen LogP contribution >= 0.6 is 15.9 Å². The highest BCUT2D eigenvalue weighted by Gasteiger charge is 2.15. The molecule has 0 spiro atoms. The smallest absolute Gasteiger partial charge is 0.189 e. The fraction of sp³-hybridized carbons (Fsp3) is 0.533. The maximum Gasteiger partial charge on any atom is 0.189 e. The molecule has 1 saturated carbocycles. The highest BCUT2D eigenvalue weighted by molar-refractivity contribution is 9.10. The summed E-state index contributed by atoms with van der Waals surface area (Å²) in [6.07, 6.45) is 6.48. The number of benzene rings is 1. The van der Waals surface area contributed by atoms with E-state index in [1.54, 1.807) is 0 Å². The lowest BCUT2D eigenvalue weighted by molar-refractivity contribution is 0.0628. The second kappa shape index (κ2) is 7.05. The van der Waals surface area contributed by atoms with Crippen LogP contribution in [-0.2, 0) is 4.74 Å². The number of Topliss-reactive ketones (excluding diaryl/α,β-unsaturated/α-hetero) is 1. The van der Waals surface area contributed by atoms with Crippen LogP contribution in [0.15, 0.2) is 28.7 Å². The second-order valence-corrected chi connectivity index (χ2v) is 5.78. The molecule has 0 aliphatic heterocycles. The van der Waals surface area contributed by atoms with Gasteiger partial charge in [-0.3, -0.25) is 4.79 Å². The Balaban J connectivity index is 1.76. The van der Waals surface area contributed by atoms with Crippen LogP contribution in [0.25, 0.3) is 0 Å². The molecule has 1 aliphatic carbocycles. The summed E-state index contributed by atoms with van der Waals surface area (Å²) < 4.78 is 6.42. The zero-order valence-corrected chi connectivity index (χ0v) is 12.1. The van der Waals surface area contributed by atoms with Crippen LogP contribution in [-0.4, -0.2) is 19.0 Å². The molecule has 0 unspecified atom stereocenters. The number of ketones is 1. The summed E-state index contributed by atoms with van der Waals surface area (Å²) in [5.74, 6) is 0.712. The molecule has 2 rings (SSSR count). The Morgan fingerprint density at radius 1 is 1.22 bits per heavy atom. The lowest BCUT2D eigenvalue weighted by Crippen LogP contribution is -2.17. The summed E-state index contributed by atoms with van der Waals surface area (Å²) in [4.78, 5) is 12.0. The third-order valence-corrected chi connectivity index (χ3v) is 4.18. The lowest BCUT2D eigenvalue weighted by atomic mass is 9.90. The summed E-state index contributed by atoms with van der Waals surface area (Å²) >= 11 is 3.39. The first-order valence-corrected chi connectivity index (χ1v) is 7.42. The van der Waals surface area contributed by atoms with E-state index in [0.717, 1.165) is 11.1 Å². The Labute approximate surface area is 117 Å². The van der Waals surface area contributed by atoms with Crippen molar-refractivity contribution in [3.63, 3.8) is 0 Å². The first-order chi connectivity index (χ1) is 8.77. The first kappa shape index (κ1) is 13.8. The highest BCUT2D eigenvalue weighted by Crippen LogP contribution is 2.24. The highest BCUT2D eigenvalue weighted by atomic mass is 79.9. The minimum absolute atomic E-state index is 0.0540. The predicted octanol–water partition coefficient (Wildman–Crippen LogP) is 4.23. The Morgan fingerprint density at radius 3 is 2.67 bits per heavy atom. The molecule has 18 heavy (non-hydrogen) atoms. The van der Waals surface area contributed by atoms with E-state index in [0.29, 0.717) is 11.5 Å². The number of carbonyl (C=O) groups is 1. The fourth-order valence-corrected chi connectivity index (χ4v) is 2.94. The molecule has 0 heterocycles. The summed E-state index contributed by atoms with van der Waals surface area (Å²) in [6, 6.07) is 7.49. The van der Waals surface area contributed by atoms with Crippen molar-refractivity contribution in [1.82, 2.24) is 0 Å². The molecule has 0 radical (unpaired) electrons. The minimum atomic E-state index is 0.0540. The van der Waals surface area contributed by atoms with Gasteiger partial charge in [0.25, 0.3) is 0 Å². The topological polar surface area (TPSA) is 26.3 Å². The Kier molecular flexibility index (Phi) is 5.39. The van der Waals surface area contributed by atoms with Crippen molar-refractivity contribution in [3.8, 4) is 0 Å². The maximum absolute atomic E-state index is 12.0. The molecule has 0 aromatic heterocycles. The number of carbonyl (C=O) groups excluding carboxylic acids is 1. The normalized spacial score (nSPS) is 16.7. The van der Waals surface area contributed by atoms with Crippen LogP contribution < -0.4 is 0 Å². The fourth-order valence-electron chi connectivity index (χ4n) is 2.44. The van der Waals surface area contributed by atoms with E-state index in [4.69, 9.17) is 4.74 Å². The van der Waals surface area contributed by atoms with E-state index in [-0.39, 0.29) is 12.4 Å². The van der Waals surface area contributed by atoms with Crippen molar-refractivity contribution in [2.24, 2.45) is 5.92 Å². The van der Waals surface area contributed by atoms with E-state index in [1.807, 2.05) is 24.3 Å². The van der Waals surface area contributed by atoms with Crippen molar-refractivity contribution in [2.45, 2.75) is 32.1 Å². The van der Waals surface area contributed by atoms with Crippen molar-refractivity contribution in [3.05, 3.63) is 34.3 Å². The molecule has 0 amide bonds. The lowest BCUT2D eigenvalue weighted by Gasteiger charge is -2.21. The van der Waals surface area contributed by atoms with Gasteiger partial charge in [0, 0.05) is 10.0 Å². The molecule has 0 saturated heterocycles. The SMILES string of the molecule is O=C(COCC1CCCCC1)c1ccccc1Br. The molecule has 0 atom stereocenters. The Bertz CT molecular complexity index is 397. The maximum atomic E-state index is 12.0. The van der Waals surface area contributed by atoms with Gasteiger partial charge in [-0.2, -0.15) is 0 Å². The molecule has 1 aliphatic rings. The molecule has 3 heteroatoms. The quantitative estimate of drug-likeness (QED) is 0.761. The van der Waals surface area contributed by atoms with Crippen molar-refractivity contribution < 1.29 is 9.53 Å². The summed E-state index contributed by atoms with van der Waals surface area (Å²) in [5.41, 5.74) is 0.709. The van der Waals surface area contributed by atoms with Crippen LogP contribution in [0.3, 0.4) is 0 Å². The van der Waals surface area contributed by atoms with Crippen LogP contribution in [0, 0.1) is 5.92 Å². The average molecular weight is 311 g/mol. The van der Waals surface area contributed by atoms with Gasteiger partial charge in [-0.05, 0) is 24.8 Å². The van der Waals surface area contributed by atoms with Gasteiger partial charge in [0.15, 0.2) is 5.78 Å². The number of ether oxygens (including phenoxy) is 1. The summed E-state index contributed by atoms with van der Waals surface area (Å²) in [6.45, 7) is 0.926. The predicted molar refractivity (Wildman–Crippen MR) is 75.9 cm³/mol. The zero-order chi connectivity index (χ0) is 12.8. The van der Waals surface area contributed by atoms with Gasteiger partial charge in [-0.1, -0.05) is 53.4 Å². The first-order valence-electron chi connectivity index (χ1n) is 6.63. The summed E-state index contributed by atoms with van der Waals surface area (Å²) in [5, 5.41) is 0. The Hall–Kier alpha value is -0.670. The number of rotatable bonds is 5. The van der Waals surface area contributed by atoms with Gasteiger partial charge in [0.1, 0.15) is 6.61 Å². The largest absolute Gasteiger partial charge is 0.373 e. The van der Waals surface area contributed by atoms with E-state index in [2.05, 4.69) is 15.9 Å². The second-order valence-electron chi connectivity index (χ2n) is 4.92. The van der Waals surface area contributed by atoms with E-state index in [9.17, 15) is 4.79 Å². The van der Waals surface area contributed by atoms with E-state index < -0.39 is 0 Å². The molecule has 1 fully saturated rings. The van der Waals surface area contributed by atoms with Gasteiger partial charge in [0.2, 0.25) is 0 Å². The van der Waals surface area contributed by atoms with Crippen molar-refractivity contribution in [2.75, 3.05) is 13.2 Å². The molecular weight excluding hydrogens is 292 g/mol. The molecule has 1 aromatic carbocycles. The minimum Gasteiger partial charge on any atom is -0.373 e. The van der Waals surface area contributed by atoms with Crippen LogP contribution in [0.5, 0.6) is 0 Å². The molecule has 98 valence electrons. The number of hydrogen-bond acceptors (Lipinski definition) is 2. The summed E-state index contributed by atoms with van der Waals surface area (Å²) in [7, 11) is 0. The third kappa shape index (κ3) is 3.92. The zero-order valence-electron chi connectivity index (χ0n) is 10.5. The molecular formula is C15H19BrO2. The van der Waals surface area contributed by atoms with Gasteiger partial charge >= 0.3 is 0 Å². The van der Waals surface area contributed by atoms with Crippen molar-refractivity contribution >= 4 is 21.7 Å². The van der Waals surface area contributed by atoms with Gasteiger partial charge in [0.05, 0.1) is 6.61 Å². The molecule has 0 N–H and O–H groups in total. The third-order valence-electron chi connectivity index (χ3n) is 3.49.